The number of piperazine rings is 1. The Kier molecular flexibility index (Phi) is 4.52. The first kappa shape index (κ1) is 14.3. The zero-order valence-electron chi connectivity index (χ0n) is 11.2. The number of nitrogens with zero attached hydrogens (tertiary/aromatic N) is 3. The molecule has 1 aliphatic rings. The van der Waals surface area contributed by atoms with E-state index in [1.54, 1.807) is 18.3 Å². The molecule has 0 unspecified atom stereocenters. The second-order valence-electron chi connectivity index (χ2n) is 4.74. The number of primary amides is 1. The summed E-state index contributed by atoms with van der Waals surface area (Å²) in [4.78, 5) is 30.1. The number of aliphatic carboxylic acids is 1. The van der Waals surface area contributed by atoms with Crippen molar-refractivity contribution in [3.63, 3.8) is 0 Å². The lowest BCUT2D eigenvalue weighted by atomic mass is 10.2. The van der Waals surface area contributed by atoms with Crippen molar-refractivity contribution in [2.75, 3.05) is 37.6 Å². The minimum Gasteiger partial charge on any atom is -0.481 e. The molecule has 0 bridgehead atoms. The van der Waals surface area contributed by atoms with Crippen LogP contribution in [0.4, 0.5) is 5.82 Å². The molecular weight excluding hydrogens is 260 g/mol. The van der Waals surface area contributed by atoms with Gasteiger partial charge in [0.05, 0.1) is 6.42 Å². The van der Waals surface area contributed by atoms with E-state index in [9.17, 15) is 9.59 Å². The predicted octanol–water partition coefficient (Wildman–Crippen LogP) is -0.223. The van der Waals surface area contributed by atoms with Crippen molar-refractivity contribution in [3.8, 4) is 0 Å². The molecule has 1 saturated heterocycles. The Morgan fingerprint density at radius 1 is 1.30 bits per heavy atom. The van der Waals surface area contributed by atoms with Crippen LogP contribution in [0.15, 0.2) is 18.3 Å². The third-order valence-corrected chi connectivity index (χ3v) is 3.37. The Morgan fingerprint density at radius 3 is 2.60 bits per heavy atom. The third-order valence-electron chi connectivity index (χ3n) is 3.37. The van der Waals surface area contributed by atoms with Crippen molar-refractivity contribution >= 4 is 17.7 Å². The van der Waals surface area contributed by atoms with Gasteiger partial charge in [0, 0.05) is 44.5 Å². The summed E-state index contributed by atoms with van der Waals surface area (Å²) >= 11 is 0. The number of hydrogen-bond donors (Lipinski definition) is 2. The summed E-state index contributed by atoms with van der Waals surface area (Å²) < 4.78 is 0. The highest BCUT2D eigenvalue weighted by molar-refractivity contribution is 5.93. The summed E-state index contributed by atoms with van der Waals surface area (Å²) in [7, 11) is 0. The smallest absolute Gasteiger partial charge is 0.304 e. The molecular formula is C13H18N4O3. The number of amides is 1. The monoisotopic (exact) mass is 278 g/mol. The van der Waals surface area contributed by atoms with Gasteiger partial charge in [0.2, 0.25) is 5.91 Å². The zero-order chi connectivity index (χ0) is 14.5. The molecule has 1 aliphatic heterocycles. The van der Waals surface area contributed by atoms with E-state index in [4.69, 9.17) is 10.8 Å². The summed E-state index contributed by atoms with van der Waals surface area (Å²) in [6, 6.07) is 3.28. The molecule has 2 heterocycles. The number of anilines is 1. The Balaban J connectivity index is 1.92. The van der Waals surface area contributed by atoms with Crippen LogP contribution in [0.2, 0.25) is 0 Å². The number of carboxylic acids is 1. The van der Waals surface area contributed by atoms with Gasteiger partial charge in [0.25, 0.3) is 0 Å². The van der Waals surface area contributed by atoms with E-state index >= 15 is 0 Å². The normalized spacial score (nSPS) is 16.1. The van der Waals surface area contributed by atoms with Crippen LogP contribution in [-0.4, -0.2) is 59.6 Å². The molecule has 0 saturated carbocycles. The van der Waals surface area contributed by atoms with Crippen molar-refractivity contribution in [3.05, 3.63) is 23.9 Å². The van der Waals surface area contributed by atoms with Crippen LogP contribution < -0.4 is 10.6 Å². The van der Waals surface area contributed by atoms with E-state index in [-0.39, 0.29) is 6.42 Å². The summed E-state index contributed by atoms with van der Waals surface area (Å²) in [6.45, 7) is 3.66. The maximum Gasteiger partial charge on any atom is 0.304 e. The van der Waals surface area contributed by atoms with Gasteiger partial charge in [-0.2, -0.15) is 0 Å². The van der Waals surface area contributed by atoms with Gasteiger partial charge in [-0.1, -0.05) is 0 Å². The summed E-state index contributed by atoms with van der Waals surface area (Å²) in [5.41, 5.74) is 5.70. The average Bonchev–Trinajstić information content (AvgIpc) is 2.46. The molecule has 0 radical (unpaired) electrons. The molecule has 0 atom stereocenters. The number of nitrogens with two attached hydrogens (primary N) is 1. The number of carbonyl (C=O) groups excluding carboxylic acids is 1. The van der Waals surface area contributed by atoms with Gasteiger partial charge in [0.1, 0.15) is 5.82 Å². The first-order valence-electron chi connectivity index (χ1n) is 6.51. The SMILES string of the molecule is NC(=O)c1ccnc(N2CCN(CCC(=O)O)CC2)c1. The largest absolute Gasteiger partial charge is 0.481 e. The van der Waals surface area contributed by atoms with E-state index in [0.29, 0.717) is 12.1 Å². The van der Waals surface area contributed by atoms with Crippen molar-refractivity contribution in [2.24, 2.45) is 5.73 Å². The maximum atomic E-state index is 11.1. The fourth-order valence-electron chi connectivity index (χ4n) is 2.20. The molecule has 3 N–H and O–H groups in total. The highest BCUT2D eigenvalue weighted by atomic mass is 16.4. The van der Waals surface area contributed by atoms with Gasteiger partial charge >= 0.3 is 5.97 Å². The number of hydrogen-bond acceptors (Lipinski definition) is 5. The van der Waals surface area contributed by atoms with E-state index in [2.05, 4.69) is 14.8 Å². The fourth-order valence-corrected chi connectivity index (χ4v) is 2.20. The molecule has 0 spiro atoms. The van der Waals surface area contributed by atoms with Gasteiger partial charge in [0.15, 0.2) is 0 Å². The van der Waals surface area contributed by atoms with Crippen LogP contribution in [0.1, 0.15) is 16.8 Å². The van der Waals surface area contributed by atoms with E-state index in [0.717, 1.165) is 32.0 Å². The molecule has 1 fully saturated rings. The highest BCUT2D eigenvalue weighted by Crippen LogP contribution is 2.15. The lowest BCUT2D eigenvalue weighted by molar-refractivity contribution is -0.137. The summed E-state index contributed by atoms with van der Waals surface area (Å²) in [5, 5.41) is 8.67. The Morgan fingerprint density at radius 2 is 2.00 bits per heavy atom. The Labute approximate surface area is 117 Å². The molecule has 1 aromatic heterocycles. The molecule has 0 aliphatic carbocycles. The Bertz CT molecular complexity index is 498. The predicted molar refractivity (Wildman–Crippen MR) is 73.7 cm³/mol. The van der Waals surface area contributed by atoms with Crippen molar-refractivity contribution in [1.82, 2.24) is 9.88 Å². The van der Waals surface area contributed by atoms with Crippen molar-refractivity contribution < 1.29 is 14.7 Å². The van der Waals surface area contributed by atoms with Gasteiger partial charge in [-0.15, -0.1) is 0 Å². The molecule has 7 heteroatoms. The van der Waals surface area contributed by atoms with Crippen LogP contribution in [0.3, 0.4) is 0 Å². The summed E-state index contributed by atoms with van der Waals surface area (Å²) in [6.07, 6.45) is 1.74. The molecule has 20 heavy (non-hydrogen) atoms. The van der Waals surface area contributed by atoms with Crippen LogP contribution in [0.5, 0.6) is 0 Å². The fraction of sp³-hybridized carbons (Fsp3) is 0.462. The van der Waals surface area contributed by atoms with Crippen molar-refractivity contribution in [1.29, 1.82) is 0 Å². The third kappa shape index (κ3) is 3.67. The van der Waals surface area contributed by atoms with Crippen LogP contribution in [-0.2, 0) is 4.79 Å². The maximum absolute atomic E-state index is 11.1. The minimum absolute atomic E-state index is 0.162. The van der Waals surface area contributed by atoms with Gasteiger partial charge < -0.3 is 15.7 Å². The quantitative estimate of drug-likeness (QED) is 0.772. The zero-order valence-corrected chi connectivity index (χ0v) is 11.2. The molecule has 108 valence electrons. The summed E-state index contributed by atoms with van der Waals surface area (Å²) in [5.74, 6) is -0.504. The molecule has 1 amide bonds. The number of carboxylic acid groups (broad SMARTS) is 1. The molecule has 2 rings (SSSR count). The first-order valence-corrected chi connectivity index (χ1v) is 6.51. The number of carbonyl (C=O) groups is 2. The Hall–Kier alpha value is -2.15. The molecule has 7 nitrogen and oxygen atoms in total. The van der Waals surface area contributed by atoms with Gasteiger partial charge in [-0.05, 0) is 12.1 Å². The lowest BCUT2D eigenvalue weighted by Crippen LogP contribution is -2.47. The van der Waals surface area contributed by atoms with Gasteiger partial charge in [-0.25, -0.2) is 4.98 Å². The minimum atomic E-state index is -0.775. The van der Waals surface area contributed by atoms with E-state index in [1.165, 1.54) is 0 Å². The first-order chi connectivity index (χ1) is 9.56. The second kappa shape index (κ2) is 6.33. The van der Waals surface area contributed by atoms with Crippen LogP contribution in [0.25, 0.3) is 0 Å². The highest BCUT2D eigenvalue weighted by Gasteiger charge is 2.18. The topological polar surface area (TPSA) is 99.8 Å². The number of aromatic nitrogens is 1. The average molecular weight is 278 g/mol. The number of rotatable bonds is 5. The van der Waals surface area contributed by atoms with Gasteiger partial charge in [-0.3, -0.25) is 14.5 Å². The molecule has 1 aromatic rings. The lowest BCUT2D eigenvalue weighted by Gasteiger charge is -2.35. The van der Waals surface area contributed by atoms with E-state index < -0.39 is 11.9 Å². The van der Waals surface area contributed by atoms with Crippen molar-refractivity contribution in [2.45, 2.75) is 6.42 Å². The molecule has 0 aromatic carbocycles. The standard InChI is InChI=1S/C13H18N4O3/c14-13(20)10-1-3-15-11(9-10)17-7-5-16(6-8-17)4-2-12(18)19/h1,3,9H,2,4-8H2,(H2,14,20)(H,18,19). The second-order valence-corrected chi connectivity index (χ2v) is 4.74. The van der Waals surface area contributed by atoms with Crippen LogP contribution in [0, 0.1) is 0 Å². The number of pyridine rings is 1. The van der Waals surface area contributed by atoms with E-state index in [1.807, 2.05) is 0 Å². The van der Waals surface area contributed by atoms with Crippen LogP contribution >= 0.6 is 0 Å².